The van der Waals surface area contributed by atoms with Crippen molar-refractivity contribution in [2.24, 2.45) is 0 Å². The van der Waals surface area contributed by atoms with Crippen LogP contribution in [0.1, 0.15) is 10.4 Å². The van der Waals surface area contributed by atoms with Crippen LogP contribution in [0.3, 0.4) is 0 Å². The third-order valence-corrected chi connectivity index (χ3v) is 3.71. The third kappa shape index (κ3) is 3.42. The fourth-order valence-corrected chi connectivity index (χ4v) is 2.48. The Morgan fingerprint density at radius 1 is 0.905 bits per heavy atom. The van der Waals surface area contributed by atoms with E-state index in [0.29, 0.717) is 16.1 Å². The summed E-state index contributed by atoms with van der Waals surface area (Å²) in [7, 11) is 0. The highest BCUT2D eigenvalue weighted by Gasteiger charge is 2.12. The lowest BCUT2D eigenvalue weighted by molar-refractivity contribution is -0.385. The molecule has 106 valence electrons. The fraction of sp³-hybridized carbons (Fsp3) is 0. The van der Waals surface area contributed by atoms with Gasteiger partial charge in [0.15, 0.2) is 6.29 Å². The fourth-order valence-electron chi connectivity index (χ4n) is 1.60. The number of hydrogen-bond acceptors (Lipinski definition) is 6. The molecule has 0 aliphatic carbocycles. The number of carbonyl (C=O) groups is 1. The van der Waals surface area contributed by atoms with Gasteiger partial charge >= 0.3 is 0 Å². The van der Waals surface area contributed by atoms with Gasteiger partial charge < -0.3 is 0 Å². The molecule has 0 heterocycles. The summed E-state index contributed by atoms with van der Waals surface area (Å²) in [5, 5.41) is 21.2. The summed E-state index contributed by atoms with van der Waals surface area (Å²) >= 11 is 1.20. The van der Waals surface area contributed by atoms with Crippen molar-refractivity contribution in [3.8, 4) is 0 Å². The third-order valence-electron chi connectivity index (χ3n) is 2.61. The van der Waals surface area contributed by atoms with Crippen LogP contribution in [0.5, 0.6) is 0 Å². The molecule has 0 fully saturated rings. The molecule has 8 heteroatoms. The van der Waals surface area contributed by atoms with Gasteiger partial charge in [0, 0.05) is 39.6 Å². The Hall–Kier alpha value is -2.74. The summed E-state index contributed by atoms with van der Waals surface area (Å²) in [5.41, 5.74) is 0.0105. The van der Waals surface area contributed by atoms with E-state index >= 15 is 0 Å². The van der Waals surface area contributed by atoms with Gasteiger partial charge in [0.1, 0.15) is 0 Å². The number of non-ortho nitro benzene ring substituents is 2. The van der Waals surface area contributed by atoms with Gasteiger partial charge in [-0.1, -0.05) is 11.8 Å². The van der Waals surface area contributed by atoms with Crippen molar-refractivity contribution in [3.63, 3.8) is 0 Å². The second kappa shape index (κ2) is 6.14. The number of benzene rings is 2. The Balaban J connectivity index is 2.28. The highest BCUT2D eigenvalue weighted by Crippen LogP contribution is 2.32. The number of nitrogens with zero attached hydrogens (tertiary/aromatic N) is 2. The molecule has 0 atom stereocenters. The number of nitro groups is 2. The number of carbonyl (C=O) groups excluding carboxylic acids is 1. The molecule has 0 bridgehead atoms. The summed E-state index contributed by atoms with van der Waals surface area (Å²) in [6, 6.07) is 9.80. The van der Waals surface area contributed by atoms with E-state index in [4.69, 9.17) is 0 Å². The maximum Gasteiger partial charge on any atom is 0.270 e. The quantitative estimate of drug-likeness (QED) is 0.476. The minimum Gasteiger partial charge on any atom is -0.298 e. The SMILES string of the molecule is O=Cc1cc([N+](=O)[O-])ccc1Sc1ccc([N+](=O)[O-])cc1. The Kier molecular flexibility index (Phi) is 4.29. The Morgan fingerprint density at radius 3 is 2.00 bits per heavy atom. The standard InChI is InChI=1S/C13H8N2O5S/c16-8-9-7-11(15(19)20)3-6-13(9)21-12-4-1-10(2-5-12)14(17)18/h1-8H. The predicted molar refractivity (Wildman–Crippen MR) is 75.7 cm³/mol. The van der Waals surface area contributed by atoms with Crippen molar-refractivity contribution in [3.05, 3.63) is 68.3 Å². The van der Waals surface area contributed by atoms with Gasteiger partial charge in [-0.3, -0.25) is 25.0 Å². The molecule has 0 N–H and O–H groups in total. The van der Waals surface area contributed by atoms with Crippen LogP contribution in [0, 0.1) is 20.2 Å². The van der Waals surface area contributed by atoms with Crippen molar-refractivity contribution in [1.82, 2.24) is 0 Å². The lowest BCUT2D eigenvalue weighted by Gasteiger charge is -2.04. The predicted octanol–water partition coefficient (Wildman–Crippen LogP) is 3.47. The van der Waals surface area contributed by atoms with Gasteiger partial charge in [0.05, 0.1) is 9.85 Å². The smallest absolute Gasteiger partial charge is 0.270 e. The average molecular weight is 304 g/mol. The zero-order chi connectivity index (χ0) is 15.4. The Morgan fingerprint density at radius 2 is 1.48 bits per heavy atom. The van der Waals surface area contributed by atoms with Crippen molar-refractivity contribution in [2.45, 2.75) is 9.79 Å². The van der Waals surface area contributed by atoms with Gasteiger partial charge in [-0.25, -0.2) is 0 Å². The Labute approximate surface area is 122 Å². The summed E-state index contributed by atoms with van der Waals surface area (Å²) in [6.07, 6.45) is 0.542. The van der Waals surface area contributed by atoms with Crippen LogP contribution in [0.4, 0.5) is 11.4 Å². The van der Waals surface area contributed by atoms with Crippen LogP contribution in [-0.4, -0.2) is 16.1 Å². The monoisotopic (exact) mass is 304 g/mol. The molecule has 2 aromatic rings. The number of hydrogen-bond donors (Lipinski definition) is 0. The second-order valence-electron chi connectivity index (χ2n) is 3.95. The normalized spacial score (nSPS) is 10.1. The first-order valence-corrected chi connectivity index (χ1v) is 6.49. The first-order valence-electron chi connectivity index (χ1n) is 5.67. The number of nitro benzene ring substituents is 2. The first-order chi connectivity index (χ1) is 10.0. The van der Waals surface area contributed by atoms with E-state index in [1.54, 1.807) is 12.1 Å². The number of aldehydes is 1. The van der Waals surface area contributed by atoms with Crippen molar-refractivity contribution < 1.29 is 14.6 Å². The van der Waals surface area contributed by atoms with E-state index in [0.717, 1.165) is 0 Å². The molecule has 21 heavy (non-hydrogen) atoms. The summed E-state index contributed by atoms with van der Waals surface area (Å²) in [6.45, 7) is 0. The summed E-state index contributed by atoms with van der Waals surface area (Å²) < 4.78 is 0. The van der Waals surface area contributed by atoms with Gasteiger partial charge in [0.2, 0.25) is 0 Å². The molecule has 0 aliphatic rings. The molecule has 0 radical (unpaired) electrons. The highest BCUT2D eigenvalue weighted by atomic mass is 32.2. The minimum atomic E-state index is -0.576. The largest absolute Gasteiger partial charge is 0.298 e. The van der Waals surface area contributed by atoms with E-state index in [1.165, 1.54) is 42.1 Å². The van der Waals surface area contributed by atoms with Gasteiger partial charge in [-0.05, 0) is 18.2 Å². The van der Waals surface area contributed by atoms with Crippen LogP contribution in [0.25, 0.3) is 0 Å². The molecule has 0 unspecified atom stereocenters. The van der Waals surface area contributed by atoms with Gasteiger partial charge in [-0.2, -0.15) is 0 Å². The molecule has 0 spiro atoms. The Bertz CT molecular complexity index is 715. The van der Waals surface area contributed by atoms with E-state index < -0.39 is 9.85 Å². The molecule has 0 saturated carbocycles. The van der Waals surface area contributed by atoms with Crippen molar-refractivity contribution >= 4 is 29.4 Å². The van der Waals surface area contributed by atoms with E-state index in [9.17, 15) is 25.0 Å². The molecular weight excluding hydrogens is 296 g/mol. The minimum absolute atomic E-state index is 0.0290. The molecule has 7 nitrogen and oxygen atoms in total. The van der Waals surface area contributed by atoms with Crippen molar-refractivity contribution in [1.29, 1.82) is 0 Å². The lowest BCUT2D eigenvalue weighted by atomic mass is 10.2. The maximum atomic E-state index is 11.0. The molecule has 2 rings (SSSR count). The zero-order valence-corrected chi connectivity index (χ0v) is 11.3. The molecule has 2 aromatic carbocycles. The highest BCUT2D eigenvalue weighted by molar-refractivity contribution is 7.99. The molecule has 0 saturated heterocycles. The van der Waals surface area contributed by atoms with Crippen LogP contribution in [0.15, 0.2) is 52.3 Å². The number of rotatable bonds is 5. The molecular formula is C13H8N2O5S. The van der Waals surface area contributed by atoms with E-state index in [1.807, 2.05) is 0 Å². The van der Waals surface area contributed by atoms with E-state index in [-0.39, 0.29) is 16.9 Å². The lowest BCUT2D eigenvalue weighted by Crippen LogP contribution is -1.92. The van der Waals surface area contributed by atoms with E-state index in [2.05, 4.69) is 0 Å². The molecule has 0 amide bonds. The van der Waals surface area contributed by atoms with Crippen LogP contribution in [-0.2, 0) is 0 Å². The summed E-state index contributed by atoms with van der Waals surface area (Å²) in [4.78, 5) is 32.4. The topological polar surface area (TPSA) is 103 Å². The van der Waals surface area contributed by atoms with Gasteiger partial charge in [0.25, 0.3) is 11.4 Å². The zero-order valence-electron chi connectivity index (χ0n) is 10.5. The maximum absolute atomic E-state index is 11.0. The van der Waals surface area contributed by atoms with Crippen LogP contribution < -0.4 is 0 Å². The average Bonchev–Trinajstić information content (AvgIpc) is 2.48. The molecule has 0 aliphatic heterocycles. The first kappa shape index (κ1) is 14.7. The van der Waals surface area contributed by atoms with Crippen LogP contribution in [0.2, 0.25) is 0 Å². The van der Waals surface area contributed by atoms with Crippen molar-refractivity contribution in [2.75, 3.05) is 0 Å². The van der Waals surface area contributed by atoms with Gasteiger partial charge in [-0.15, -0.1) is 0 Å². The molecule has 0 aromatic heterocycles. The second-order valence-corrected chi connectivity index (χ2v) is 5.07. The summed E-state index contributed by atoms with van der Waals surface area (Å²) in [5.74, 6) is 0. The van der Waals surface area contributed by atoms with Crippen LogP contribution >= 0.6 is 11.8 Å².